The molecule has 9 heteroatoms. The number of ether oxygens (including phenoxy) is 1. The van der Waals surface area contributed by atoms with Gasteiger partial charge in [-0.25, -0.2) is 4.72 Å². The van der Waals surface area contributed by atoms with Gasteiger partial charge in [-0.1, -0.05) is 42.5 Å². The highest BCUT2D eigenvalue weighted by Crippen LogP contribution is 2.39. The van der Waals surface area contributed by atoms with E-state index in [0.717, 1.165) is 38.0 Å². The van der Waals surface area contributed by atoms with E-state index < -0.39 is 10.2 Å². The standard InChI is InChI=1S/C27H38N4O4S/c1-35-25-12-6-5-11-24(25)26(32)28-21-27(22-9-3-2-4-10-22)15-13-23(14-16-27)30-36(33,34)29-17-20-31-18-7-8-19-31/h2-6,9-12,23,29-30H,7-8,13-21H2,1H3,(H,28,32). The van der Waals surface area contributed by atoms with Gasteiger partial charge in [-0.05, 0) is 69.3 Å². The van der Waals surface area contributed by atoms with E-state index in [1.807, 2.05) is 30.3 Å². The van der Waals surface area contributed by atoms with Crippen LogP contribution in [0.2, 0.25) is 0 Å². The maximum Gasteiger partial charge on any atom is 0.277 e. The molecule has 1 saturated carbocycles. The lowest BCUT2D eigenvalue weighted by atomic mass is 9.68. The molecule has 2 aliphatic rings. The summed E-state index contributed by atoms with van der Waals surface area (Å²) >= 11 is 0. The minimum absolute atomic E-state index is 0.129. The molecule has 0 spiro atoms. The predicted molar refractivity (Wildman–Crippen MR) is 141 cm³/mol. The molecule has 196 valence electrons. The number of rotatable bonds is 11. The van der Waals surface area contributed by atoms with Crippen molar-refractivity contribution in [2.24, 2.45) is 0 Å². The van der Waals surface area contributed by atoms with Crippen molar-refractivity contribution in [3.05, 3.63) is 65.7 Å². The van der Waals surface area contributed by atoms with E-state index in [2.05, 4.69) is 31.8 Å². The number of hydrogen-bond acceptors (Lipinski definition) is 5. The SMILES string of the molecule is COc1ccccc1C(=O)NCC1(c2ccccc2)CCC(NS(=O)(=O)NCCN2CCCC2)CC1. The van der Waals surface area contributed by atoms with Crippen LogP contribution in [0.1, 0.15) is 54.4 Å². The molecular weight excluding hydrogens is 476 g/mol. The molecule has 2 fully saturated rings. The fourth-order valence-electron chi connectivity index (χ4n) is 5.43. The molecule has 1 aliphatic heterocycles. The molecule has 4 rings (SSSR count). The summed E-state index contributed by atoms with van der Waals surface area (Å²) in [4.78, 5) is 15.3. The number of methoxy groups -OCH3 is 1. The van der Waals surface area contributed by atoms with E-state index in [1.165, 1.54) is 12.8 Å². The number of amides is 1. The smallest absolute Gasteiger partial charge is 0.277 e. The number of para-hydroxylation sites is 1. The molecule has 0 unspecified atom stereocenters. The van der Waals surface area contributed by atoms with Gasteiger partial charge in [0.05, 0.1) is 12.7 Å². The Morgan fingerprint density at radius 2 is 1.69 bits per heavy atom. The highest BCUT2D eigenvalue weighted by molar-refractivity contribution is 7.87. The highest BCUT2D eigenvalue weighted by atomic mass is 32.2. The van der Waals surface area contributed by atoms with Gasteiger partial charge in [0, 0.05) is 31.1 Å². The van der Waals surface area contributed by atoms with E-state index in [9.17, 15) is 13.2 Å². The maximum atomic E-state index is 13.0. The lowest BCUT2D eigenvalue weighted by Crippen LogP contribution is -2.50. The molecule has 8 nitrogen and oxygen atoms in total. The van der Waals surface area contributed by atoms with Gasteiger partial charge in [0.15, 0.2) is 0 Å². The van der Waals surface area contributed by atoms with Crippen molar-refractivity contribution in [1.29, 1.82) is 0 Å². The Morgan fingerprint density at radius 1 is 1.03 bits per heavy atom. The summed E-state index contributed by atoms with van der Waals surface area (Å²) in [7, 11) is -2.00. The van der Waals surface area contributed by atoms with Gasteiger partial charge >= 0.3 is 0 Å². The zero-order chi connectivity index (χ0) is 25.4. The van der Waals surface area contributed by atoms with Crippen LogP contribution in [-0.2, 0) is 15.6 Å². The fourth-order valence-corrected chi connectivity index (χ4v) is 6.55. The van der Waals surface area contributed by atoms with E-state index in [4.69, 9.17) is 4.74 Å². The van der Waals surface area contributed by atoms with Gasteiger partial charge in [0.2, 0.25) is 0 Å². The van der Waals surface area contributed by atoms with Crippen molar-refractivity contribution in [1.82, 2.24) is 19.7 Å². The summed E-state index contributed by atoms with van der Waals surface area (Å²) in [6.07, 6.45) is 5.32. The maximum absolute atomic E-state index is 13.0. The van der Waals surface area contributed by atoms with Crippen LogP contribution in [0.25, 0.3) is 0 Å². The third-order valence-electron chi connectivity index (χ3n) is 7.51. The zero-order valence-corrected chi connectivity index (χ0v) is 21.9. The molecule has 1 amide bonds. The molecule has 36 heavy (non-hydrogen) atoms. The largest absolute Gasteiger partial charge is 0.496 e. The first kappa shape index (κ1) is 26.6. The second-order valence-corrected chi connectivity index (χ2v) is 11.4. The van der Waals surface area contributed by atoms with Crippen LogP contribution in [0.4, 0.5) is 0 Å². The van der Waals surface area contributed by atoms with Gasteiger partial charge in [0.25, 0.3) is 16.1 Å². The number of nitrogens with one attached hydrogen (secondary N) is 3. The molecule has 2 aromatic rings. The van der Waals surface area contributed by atoms with Crippen molar-refractivity contribution in [2.75, 3.05) is 39.8 Å². The van der Waals surface area contributed by atoms with Crippen LogP contribution in [0, 0.1) is 0 Å². The number of carbonyl (C=O) groups excluding carboxylic acids is 1. The lowest BCUT2D eigenvalue weighted by molar-refractivity contribution is 0.0932. The molecule has 1 saturated heterocycles. The zero-order valence-electron chi connectivity index (χ0n) is 21.0. The normalized spacial score (nSPS) is 22.9. The average Bonchev–Trinajstić information content (AvgIpc) is 3.42. The lowest BCUT2D eigenvalue weighted by Gasteiger charge is -2.41. The van der Waals surface area contributed by atoms with E-state index in [1.54, 1.807) is 19.2 Å². The summed E-state index contributed by atoms with van der Waals surface area (Å²) in [6, 6.07) is 17.3. The van der Waals surface area contributed by atoms with E-state index in [0.29, 0.717) is 37.2 Å². The Morgan fingerprint density at radius 3 is 2.39 bits per heavy atom. The van der Waals surface area contributed by atoms with Gasteiger partial charge < -0.3 is 15.0 Å². The van der Waals surface area contributed by atoms with Gasteiger partial charge in [-0.3, -0.25) is 4.79 Å². The second-order valence-electron chi connectivity index (χ2n) is 9.87. The first-order chi connectivity index (χ1) is 17.4. The molecule has 3 N–H and O–H groups in total. The number of likely N-dealkylation sites (tertiary alicyclic amines) is 1. The Hall–Kier alpha value is -2.46. The first-order valence-electron chi connectivity index (χ1n) is 12.9. The van der Waals surface area contributed by atoms with Crippen LogP contribution >= 0.6 is 0 Å². The number of nitrogens with zero attached hydrogens (tertiary/aromatic N) is 1. The first-order valence-corrected chi connectivity index (χ1v) is 14.4. The molecule has 0 atom stereocenters. The summed E-state index contributed by atoms with van der Waals surface area (Å²) in [5.74, 6) is 0.367. The van der Waals surface area contributed by atoms with Gasteiger partial charge in [-0.2, -0.15) is 13.1 Å². The van der Waals surface area contributed by atoms with E-state index in [-0.39, 0.29) is 17.4 Å². The third-order valence-corrected chi connectivity index (χ3v) is 8.74. The summed E-state index contributed by atoms with van der Waals surface area (Å²) in [5.41, 5.74) is 1.41. The van der Waals surface area contributed by atoms with Gasteiger partial charge in [0.1, 0.15) is 5.75 Å². The topological polar surface area (TPSA) is 99.8 Å². The Labute approximate surface area is 215 Å². The van der Waals surface area contributed by atoms with E-state index >= 15 is 0 Å². The molecular formula is C27H38N4O4S. The van der Waals surface area contributed by atoms with Crippen LogP contribution < -0.4 is 19.5 Å². The van der Waals surface area contributed by atoms with Crippen LogP contribution in [-0.4, -0.2) is 65.1 Å². The monoisotopic (exact) mass is 514 g/mol. The summed E-state index contributed by atoms with van der Waals surface area (Å²) in [6.45, 7) is 3.74. The Bertz CT molecular complexity index is 1100. The average molecular weight is 515 g/mol. The molecule has 1 aliphatic carbocycles. The Kier molecular flexibility index (Phi) is 9.00. The second kappa shape index (κ2) is 12.2. The molecule has 2 aromatic carbocycles. The van der Waals surface area contributed by atoms with Crippen LogP contribution in [0.5, 0.6) is 5.75 Å². The van der Waals surface area contributed by atoms with Crippen molar-refractivity contribution < 1.29 is 17.9 Å². The summed E-state index contributed by atoms with van der Waals surface area (Å²) in [5, 5.41) is 3.13. The van der Waals surface area contributed by atoms with Crippen LogP contribution in [0.3, 0.4) is 0 Å². The van der Waals surface area contributed by atoms with Crippen molar-refractivity contribution in [3.8, 4) is 5.75 Å². The van der Waals surface area contributed by atoms with Crippen molar-refractivity contribution >= 4 is 16.1 Å². The minimum Gasteiger partial charge on any atom is -0.496 e. The summed E-state index contributed by atoms with van der Waals surface area (Å²) < 4.78 is 36.2. The fraction of sp³-hybridized carbons (Fsp3) is 0.519. The highest BCUT2D eigenvalue weighted by Gasteiger charge is 2.38. The van der Waals surface area contributed by atoms with Gasteiger partial charge in [-0.15, -0.1) is 0 Å². The molecule has 0 bridgehead atoms. The number of benzene rings is 2. The molecule has 0 aromatic heterocycles. The quantitative estimate of drug-likeness (QED) is 0.428. The predicted octanol–water partition coefficient (Wildman–Crippen LogP) is 2.83. The number of carbonyl (C=O) groups is 1. The number of hydrogen-bond donors (Lipinski definition) is 3. The van der Waals surface area contributed by atoms with Crippen molar-refractivity contribution in [3.63, 3.8) is 0 Å². The molecule has 0 radical (unpaired) electrons. The van der Waals surface area contributed by atoms with Crippen molar-refractivity contribution in [2.45, 2.75) is 50.0 Å². The third kappa shape index (κ3) is 6.85. The molecule has 1 heterocycles. The van der Waals surface area contributed by atoms with Crippen LogP contribution in [0.15, 0.2) is 54.6 Å². The minimum atomic E-state index is -3.55. The Balaban J connectivity index is 1.36.